The van der Waals surface area contributed by atoms with Crippen LogP contribution in [0, 0.1) is 0 Å². The molecule has 0 spiro atoms. The Morgan fingerprint density at radius 3 is 2.78 bits per heavy atom. The van der Waals surface area contributed by atoms with Gasteiger partial charge in [0.2, 0.25) is 0 Å². The van der Waals surface area contributed by atoms with Crippen molar-refractivity contribution in [2.75, 3.05) is 7.11 Å². The third kappa shape index (κ3) is 2.88. The minimum atomic E-state index is -1.59. The highest BCUT2D eigenvalue weighted by Gasteiger charge is 2.47. The maximum Gasteiger partial charge on any atom is 0.337 e. The normalized spacial score (nSPS) is 31.2. The van der Waals surface area contributed by atoms with E-state index < -0.39 is 35.8 Å². The summed E-state index contributed by atoms with van der Waals surface area (Å²) in [5, 5.41) is 30.3. The van der Waals surface area contributed by atoms with Gasteiger partial charge in [-0.2, -0.15) is 0 Å². The molecular weight excluding hydrogens is 328 g/mol. The zero-order valence-electron chi connectivity index (χ0n) is 11.9. The number of aliphatic hydroxyl groups is 3. The molecule has 23 heavy (non-hydrogen) atoms. The van der Waals surface area contributed by atoms with Gasteiger partial charge in [-0.05, 0) is 0 Å². The number of rotatable bonds is 3. The van der Waals surface area contributed by atoms with Gasteiger partial charge in [0.25, 0.3) is 0 Å². The molecule has 0 bridgehead atoms. The summed E-state index contributed by atoms with van der Waals surface area (Å²) in [7, 11) is 1.14. The van der Waals surface area contributed by atoms with E-state index in [4.69, 9.17) is 4.74 Å². The number of thioether (sulfide) groups is 1. The molecule has 3 heterocycles. The number of aromatic amines is 1. The highest BCUT2D eigenvalue weighted by atomic mass is 32.2. The number of fused-ring (bicyclic) bond motifs is 1. The number of carbonyl (C=O) groups excluding carboxylic acids is 1. The molecule has 1 aliphatic heterocycles. The molecule has 10 nitrogen and oxygen atoms in total. The number of nitrogens with one attached hydrogen (secondary N) is 1. The highest BCUT2D eigenvalue weighted by molar-refractivity contribution is 8.00. The number of methoxy groups -OCH3 is 1. The number of imidazole rings is 1. The predicted molar refractivity (Wildman–Crippen MR) is 76.2 cm³/mol. The molecule has 1 saturated heterocycles. The van der Waals surface area contributed by atoms with Crippen LogP contribution in [0.3, 0.4) is 0 Å². The molecule has 0 saturated carbocycles. The molecule has 0 radical (unpaired) electrons. The maximum absolute atomic E-state index is 11.6. The van der Waals surface area contributed by atoms with Crippen LogP contribution in [0.15, 0.2) is 17.7 Å². The quantitative estimate of drug-likeness (QED) is 0.380. The highest BCUT2D eigenvalue weighted by Crippen LogP contribution is 2.34. The minimum absolute atomic E-state index is 0.420. The second kappa shape index (κ2) is 6.37. The van der Waals surface area contributed by atoms with Crippen molar-refractivity contribution < 1.29 is 29.6 Å². The molecule has 0 aromatic carbocycles. The van der Waals surface area contributed by atoms with Gasteiger partial charge in [-0.25, -0.2) is 19.7 Å². The lowest BCUT2D eigenvalue weighted by molar-refractivity contribution is -0.211. The standard InChI is InChI=1S/C12H14N4O6S/c1-21-11(20)8-6(18)5(17)7(19)12(22-8)23-10-4-9(14-2-13-4)15-3-16-10/h2-3,5-8,12,17-19H,1H3,(H,13,14,15,16)/t5-,6+,7-,8+,12-/m0/s1. The molecule has 2 aromatic rings. The average molecular weight is 342 g/mol. The molecule has 1 aliphatic rings. The van der Waals surface area contributed by atoms with Crippen molar-refractivity contribution in [3.05, 3.63) is 12.7 Å². The van der Waals surface area contributed by atoms with Crippen LogP contribution in [0.25, 0.3) is 11.2 Å². The summed E-state index contributed by atoms with van der Waals surface area (Å²) < 4.78 is 9.93. The fourth-order valence-corrected chi connectivity index (χ4v) is 3.27. The van der Waals surface area contributed by atoms with Crippen molar-refractivity contribution >= 4 is 28.9 Å². The summed E-state index contributed by atoms with van der Waals surface area (Å²) in [6, 6.07) is 0. The zero-order valence-corrected chi connectivity index (χ0v) is 12.7. The lowest BCUT2D eigenvalue weighted by Crippen LogP contribution is -2.59. The molecule has 11 heteroatoms. The van der Waals surface area contributed by atoms with Crippen molar-refractivity contribution in [3.63, 3.8) is 0 Å². The lowest BCUT2D eigenvalue weighted by atomic mass is 10.00. The second-order valence-corrected chi connectivity index (χ2v) is 5.90. The van der Waals surface area contributed by atoms with E-state index in [-0.39, 0.29) is 0 Å². The molecule has 0 aliphatic carbocycles. The Labute approximate surface area is 133 Å². The van der Waals surface area contributed by atoms with Crippen molar-refractivity contribution in [3.8, 4) is 0 Å². The van der Waals surface area contributed by atoms with Gasteiger partial charge < -0.3 is 29.8 Å². The smallest absolute Gasteiger partial charge is 0.337 e. The monoisotopic (exact) mass is 342 g/mol. The molecule has 1 fully saturated rings. The number of H-pyrrole nitrogens is 1. The number of aromatic nitrogens is 4. The molecule has 0 amide bonds. The first-order valence-corrected chi connectivity index (χ1v) is 7.49. The summed E-state index contributed by atoms with van der Waals surface area (Å²) in [5.74, 6) is -0.844. The number of hydrogen-bond acceptors (Lipinski definition) is 10. The Morgan fingerprint density at radius 1 is 1.26 bits per heavy atom. The van der Waals surface area contributed by atoms with Crippen LogP contribution in [0.4, 0.5) is 0 Å². The van der Waals surface area contributed by atoms with Crippen LogP contribution in [0.1, 0.15) is 0 Å². The van der Waals surface area contributed by atoms with Crippen LogP contribution >= 0.6 is 11.8 Å². The van der Waals surface area contributed by atoms with E-state index in [1.807, 2.05) is 0 Å². The SMILES string of the molecule is COC(=O)[C@@H]1O[C@@H](Sc2ncnc3nc[nH]c23)[C@@H](O)[C@@H](O)[C@H]1O. The predicted octanol–water partition coefficient (Wildman–Crippen LogP) is -1.57. The number of ether oxygens (including phenoxy) is 2. The van der Waals surface area contributed by atoms with Crippen LogP contribution in [-0.4, -0.2) is 78.2 Å². The van der Waals surface area contributed by atoms with Gasteiger partial charge in [0.05, 0.1) is 13.4 Å². The fraction of sp³-hybridized carbons (Fsp3) is 0.500. The first-order valence-electron chi connectivity index (χ1n) is 6.61. The van der Waals surface area contributed by atoms with E-state index >= 15 is 0 Å². The van der Waals surface area contributed by atoms with E-state index in [9.17, 15) is 20.1 Å². The first kappa shape index (κ1) is 16.1. The fourth-order valence-electron chi connectivity index (χ4n) is 2.20. The summed E-state index contributed by atoms with van der Waals surface area (Å²) >= 11 is 0.971. The zero-order chi connectivity index (χ0) is 16.6. The topological polar surface area (TPSA) is 151 Å². The van der Waals surface area contributed by atoms with Crippen molar-refractivity contribution in [2.45, 2.75) is 34.9 Å². The molecule has 4 N–H and O–H groups in total. The Bertz CT molecular complexity index is 712. The summed E-state index contributed by atoms with van der Waals surface area (Å²) in [5.41, 5.74) is -0.0830. The average Bonchev–Trinajstić information content (AvgIpc) is 3.04. The van der Waals surface area contributed by atoms with Crippen LogP contribution < -0.4 is 0 Å². The van der Waals surface area contributed by atoms with E-state index in [2.05, 4.69) is 24.7 Å². The molecule has 124 valence electrons. The number of aliphatic hydroxyl groups excluding tert-OH is 3. The van der Waals surface area contributed by atoms with Gasteiger partial charge in [-0.3, -0.25) is 0 Å². The summed E-state index contributed by atoms with van der Waals surface area (Å²) in [6.07, 6.45) is -3.25. The Kier molecular flexibility index (Phi) is 4.46. The Morgan fingerprint density at radius 2 is 2.04 bits per heavy atom. The maximum atomic E-state index is 11.6. The lowest BCUT2D eigenvalue weighted by Gasteiger charge is -2.38. The number of hydrogen-bond donors (Lipinski definition) is 4. The van der Waals surface area contributed by atoms with E-state index in [1.165, 1.54) is 12.7 Å². The van der Waals surface area contributed by atoms with Gasteiger partial charge in [0.15, 0.2) is 11.8 Å². The van der Waals surface area contributed by atoms with Crippen molar-refractivity contribution in [1.29, 1.82) is 0 Å². The second-order valence-electron chi connectivity index (χ2n) is 4.82. The summed E-state index contributed by atoms with van der Waals surface area (Å²) in [6.45, 7) is 0. The Hall–Kier alpha value is -1.79. The van der Waals surface area contributed by atoms with Crippen molar-refractivity contribution in [2.24, 2.45) is 0 Å². The van der Waals surface area contributed by atoms with Gasteiger partial charge >= 0.3 is 5.97 Å². The number of esters is 1. The van der Waals surface area contributed by atoms with Gasteiger partial charge in [-0.15, -0.1) is 0 Å². The number of carbonyl (C=O) groups is 1. The molecule has 0 unspecified atom stereocenters. The molecular formula is C12H14N4O6S. The summed E-state index contributed by atoms with van der Waals surface area (Å²) in [4.78, 5) is 26.5. The number of nitrogens with zero attached hydrogens (tertiary/aromatic N) is 3. The van der Waals surface area contributed by atoms with Gasteiger partial charge in [0, 0.05) is 0 Å². The van der Waals surface area contributed by atoms with Crippen LogP contribution in [0.5, 0.6) is 0 Å². The van der Waals surface area contributed by atoms with E-state index in [1.54, 1.807) is 0 Å². The minimum Gasteiger partial charge on any atom is -0.467 e. The third-order valence-electron chi connectivity index (χ3n) is 3.42. The van der Waals surface area contributed by atoms with Gasteiger partial charge in [0.1, 0.15) is 40.6 Å². The Balaban J connectivity index is 1.86. The molecule has 5 atom stereocenters. The van der Waals surface area contributed by atoms with Crippen LogP contribution in [-0.2, 0) is 14.3 Å². The molecule has 3 rings (SSSR count). The first-order chi connectivity index (χ1) is 11.0. The third-order valence-corrected chi connectivity index (χ3v) is 4.57. The van der Waals surface area contributed by atoms with Gasteiger partial charge in [-0.1, -0.05) is 11.8 Å². The molecule has 2 aromatic heterocycles. The van der Waals surface area contributed by atoms with Crippen LogP contribution in [0.2, 0.25) is 0 Å². The van der Waals surface area contributed by atoms with E-state index in [0.29, 0.717) is 16.2 Å². The van der Waals surface area contributed by atoms with Crippen molar-refractivity contribution in [1.82, 2.24) is 19.9 Å². The largest absolute Gasteiger partial charge is 0.467 e. The van der Waals surface area contributed by atoms with E-state index in [0.717, 1.165) is 18.9 Å².